The summed E-state index contributed by atoms with van der Waals surface area (Å²) in [6.07, 6.45) is 2.63. The highest BCUT2D eigenvalue weighted by Crippen LogP contribution is 2.24. The fraction of sp³-hybridized carbons (Fsp3) is 0.318. The van der Waals surface area contributed by atoms with Crippen molar-refractivity contribution in [3.05, 3.63) is 65.7 Å². The summed E-state index contributed by atoms with van der Waals surface area (Å²) in [4.78, 5) is 6.50. The first-order valence-electron chi connectivity index (χ1n) is 10.5. The van der Waals surface area contributed by atoms with E-state index in [2.05, 4.69) is 42.5 Å². The van der Waals surface area contributed by atoms with Crippen molar-refractivity contribution in [3.8, 4) is 22.7 Å². The highest BCUT2D eigenvalue weighted by atomic mass is 19.3. The van der Waals surface area contributed by atoms with Crippen LogP contribution in [0.3, 0.4) is 0 Å². The maximum absolute atomic E-state index is 14.6. The van der Waals surface area contributed by atoms with Crippen molar-refractivity contribution in [2.24, 2.45) is 0 Å². The Morgan fingerprint density at radius 1 is 0.970 bits per heavy atom. The fourth-order valence-corrected chi connectivity index (χ4v) is 3.78. The molecule has 4 heterocycles. The van der Waals surface area contributed by atoms with Crippen LogP contribution in [-0.2, 0) is 13.1 Å². The van der Waals surface area contributed by atoms with Gasteiger partial charge >= 0.3 is 6.43 Å². The van der Waals surface area contributed by atoms with Crippen molar-refractivity contribution in [1.29, 1.82) is 0 Å². The smallest absolute Gasteiger partial charge is 0.314 e. The zero-order valence-electron chi connectivity index (χ0n) is 17.5. The van der Waals surface area contributed by atoms with Gasteiger partial charge < -0.3 is 4.42 Å². The standard InChI is InChI=1S/C22H20F3N7O/c23-17-9-16(21-28-29-22(33-21)20(24)25)10-26-19(17)13-32-12-18(27-30-32)15-5-3-14(4-6-15)11-31-7-1-2-8-31/h3-6,9-10,12,20H,1-2,7-8,11,13H2. The number of pyridine rings is 1. The Bertz CT molecular complexity index is 1230. The van der Waals surface area contributed by atoms with Crippen molar-refractivity contribution in [2.45, 2.75) is 32.4 Å². The minimum Gasteiger partial charge on any atom is -0.415 e. The number of hydrogen-bond acceptors (Lipinski definition) is 7. The number of alkyl halides is 2. The van der Waals surface area contributed by atoms with Gasteiger partial charge in [-0.2, -0.15) is 8.78 Å². The molecule has 1 saturated heterocycles. The summed E-state index contributed by atoms with van der Waals surface area (Å²) in [6.45, 7) is 3.29. The SMILES string of the molecule is Fc1cc(-c2nnc(C(F)F)o2)cnc1Cn1cc(-c2ccc(CN3CCCC3)cc2)nn1. The van der Waals surface area contributed by atoms with E-state index in [9.17, 15) is 13.2 Å². The number of aromatic nitrogens is 6. The lowest BCUT2D eigenvalue weighted by Crippen LogP contribution is -2.18. The molecule has 0 N–H and O–H groups in total. The molecule has 0 saturated carbocycles. The molecule has 1 aromatic carbocycles. The summed E-state index contributed by atoms with van der Waals surface area (Å²) in [6, 6.07) is 9.30. The second-order valence-corrected chi connectivity index (χ2v) is 7.88. The lowest BCUT2D eigenvalue weighted by molar-refractivity contribution is 0.116. The summed E-state index contributed by atoms with van der Waals surface area (Å²) in [5, 5.41) is 15.0. The predicted octanol–water partition coefficient (Wildman–Crippen LogP) is 4.11. The number of hydrogen-bond donors (Lipinski definition) is 0. The van der Waals surface area contributed by atoms with Crippen LogP contribution >= 0.6 is 0 Å². The van der Waals surface area contributed by atoms with Crippen LogP contribution in [0.5, 0.6) is 0 Å². The fourth-order valence-electron chi connectivity index (χ4n) is 3.78. The molecule has 3 aromatic heterocycles. The average Bonchev–Trinajstić information content (AvgIpc) is 3.58. The van der Waals surface area contributed by atoms with E-state index in [0.29, 0.717) is 5.69 Å². The number of rotatable bonds is 7. The summed E-state index contributed by atoms with van der Waals surface area (Å²) >= 11 is 0. The van der Waals surface area contributed by atoms with E-state index >= 15 is 0 Å². The zero-order valence-corrected chi connectivity index (χ0v) is 17.5. The van der Waals surface area contributed by atoms with E-state index in [0.717, 1.165) is 31.3 Å². The van der Waals surface area contributed by atoms with Crippen molar-refractivity contribution in [2.75, 3.05) is 13.1 Å². The monoisotopic (exact) mass is 455 g/mol. The van der Waals surface area contributed by atoms with Crippen molar-refractivity contribution >= 4 is 0 Å². The summed E-state index contributed by atoms with van der Waals surface area (Å²) in [5.74, 6) is -1.69. The van der Waals surface area contributed by atoms with Crippen LogP contribution in [0.4, 0.5) is 13.2 Å². The van der Waals surface area contributed by atoms with Crippen molar-refractivity contribution in [3.63, 3.8) is 0 Å². The molecule has 0 amide bonds. The Hall–Kier alpha value is -3.60. The van der Waals surface area contributed by atoms with Crippen LogP contribution in [0.1, 0.15) is 36.4 Å². The van der Waals surface area contributed by atoms with Crippen LogP contribution in [-0.4, -0.2) is 48.2 Å². The van der Waals surface area contributed by atoms with Crippen LogP contribution < -0.4 is 0 Å². The Morgan fingerprint density at radius 2 is 1.76 bits per heavy atom. The average molecular weight is 455 g/mol. The van der Waals surface area contributed by atoms with E-state index in [4.69, 9.17) is 4.42 Å². The Morgan fingerprint density at radius 3 is 2.45 bits per heavy atom. The van der Waals surface area contributed by atoms with Gasteiger partial charge in [-0.05, 0) is 37.6 Å². The minimum absolute atomic E-state index is 0.0538. The first kappa shape index (κ1) is 21.3. The predicted molar refractivity (Wildman–Crippen MR) is 112 cm³/mol. The van der Waals surface area contributed by atoms with Crippen LogP contribution in [0.25, 0.3) is 22.7 Å². The number of benzene rings is 1. The molecule has 5 rings (SSSR count). The molecule has 1 aliphatic heterocycles. The zero-order chi connectivity index (χ0) is 22.8. The Labute approximate surface area is 187 Å². The third kappa shape index (κ3) is 4.77. The van der Waals surface area contributed by atoms with Gasteiger partial charge in [0.25, 0.3) is 5.89 Å². The maximum atomic E-state index is 14.6. The third-order valence-electron chi connectivity index (χ3n) is 5.50. The summed E-state index contributed by atoms with van der Waals surface area (Å²) in [7, 11) is 0. The molecule has 4 aromatic rings. The van der Waals surface area contributed by atoms with E-state index < -0.39 is 18.1 Å². The van der Waals surface area contributed by atoms with Crippen LogP contribution in [0.15, 0.2) is 47.1 Å². The Kier molecular flexibility index (Phi) is 5.86. The number of nitrogens with zero attached hydrogens (tertiary/aromatic N) is 7. The van der Waals surface area contributed by atoms with Crippen LogP contribution in [0.2, 0.25) is 0 Å². The molecule has 11 heteroatoms. The summed E-state index contributed by atoms with van der Waals surface area (Å²) in [5.41, 5.74) is 3.07. The molecule has 33 heavy (non-hydrogen) atoms. The van der Waals surface area contributed by atoms with Gasteiger partial charge in [-0.25, -0.2) is 9.07 Å². The molecule has 0 aliphatic carbocycles. The quantitative estimate of drug-likeness (QED) is 0.415. The van der Waals surface area contributed by atoms with Gasteiger partial charge in [-0.15, -0.1) is 15.3 Å². The number of halogens is 3. The van der Waals surface area contributed by atoms with Gasteiger partial charge in [-0.1, -0.05) is 29.5 Å². The molecule has 0 bridgehead atoms. The Balaban J connectivity index is 1.26. The second kappa shape index (κ2) is 9.10. The lowest BCUT2D eigenvalue weighted by atomic mass is 10.1. The molecule has 0 spiro atoms. The topological polar surface area (TPSA) is 85.8 Å². The largest absolute Gasteiger partial charge is 0.415 e. The van der Waals surface area contributed by atoms with Gasteiger partial charge in [0.2, 0.25) is 5.89 Å². The minimum atomic E-state index is -2.90. The van der Waals surface area contributed by atoms with Gasteiger partial charge in [-0.3, -0.25) is 9.88 Å². The molecule has 8 nitrogen and oxygen atoms in total. The van der Waals surface area contributed by atoms with Crippen LogP contribution in [0, 0.1) is 5.82 Å². The molecule has 0 radical (unpaired) electrons. The third-order valence-corrected chi connectivity index (χ3v) is 5.50. The molecule has 1 fully saturated rings. The lowest BCUT2D eigenvalue weighted by Gasteiger charge is -2.14. The molecule has 170 valence electrons. The number of likely N-dealkylation sites (tertiary alicyclic amines) is 1. The highest BCUT2D eigenvalue weighted by molar-refractivity contribution is 5.58. The van der Waals surface area contributed by atoms with Crippen molar-refractivity contribution < 1.29 is 17.6 Å². The second-order valence-electron chi connectivity index (χ2n) is 7.88. The van der Waals surface area contributed by atoms with Gasteiger partial charge in [0.05, 0.1) is 24.0 Å². The summed E-state index contributed by atoms with van der Waals surface area (Å²) < 4.78 is 46.1. The van der Waals surface area contributed by atoms with E-state index in [1.54, 1.807) is 6.20 Å². The van der Waals surface area contributed by atoms with Crippen molar-refractivity contribution in [1.82, 2.24) is 35.1 Å². The highest BCUT2D eigenvalue weighted by Gasteiger charge is 2.18. The first-order chi connectivity index (χ1) is 16.0. The van der Waals surface area contributed by atoms with Gasteiger partial charge in [0, 0.05) is 18.3 Å². The van der Waals surface area contributed by atoms with Gasteiger partial charge in [0.1, 0.15) is 11.5 Å². The van der Waals surface area contributed by atoms with Gasteiger partial charge in [0.15, 0.2) is 0 Å². The van der Waals surface area contributed by atoms with E-state index in [-0.39, 0.29) is 23.7 Å². The molecule has 1 aliphatic rings. The maximum Gasteiger partial charge on any atom is 0.314 e. The van der Waals surface area contributed by atoms with E-state index in [1.165, 1.54) is 29.3 Å². The normalized spacial score (nSPS) is 14.4. The molecule has 0 unspecified atom stereocenters. The molecular formula is C22H20F3N7O. The first-order valence-corrected chi connectivity index (χ1v) is 10.5. The van der Waals surface area contributed by atoms with E-state index in [1.807, 2.05) is 12.1 Å². The molecule has 0 atom stereocenters. The molecular weight excluding hydrogens is 435 g/mol.